The van der Waals surface area contributed by atoms with Crippen LogP contribution in [-0.2, 0) is 12.8 Å². The number of nitrogens with one attached hydrogen (secondary N) is 1. The smallest absolute Gasteiger partial charge is 0.251 e. The number of benzene rings is 2. The van der Waals surface area contributed by atoms with Gasteiger partial charge in [-0.3, -0.25) is 4.79 Å². The van der Waals surface area contributed by atoms with Crippen LogP contribution in [0.15, 0.2) is 42.5 Å². The number of nitrogens with two attached hydrogens (primary N) is 1. The van der Waals surface area contributed by atoms with Gasteiger partial charge in [0.1, 0.15) is 5.82 Å². The van der Waals surface area contributed by atoms with Crippen molar-refractivity contribution in [1.29, 1.82) is 0 Å². The van der Waals surface area contributed by atoms with Crippen molar-refractivity contribution >= 4 is 11.6 Å². The van der Waals surface area contributed by atoms with Gasteiger partial charge in [0.05, 0.1) is 5.56 Å². The minimum atomic E-state index is -0.745. The third-order valence-corrected chi connectivity index (χ3v) is 3.95. The molecular formula is C17H17FN2O. The molecule has 3 nitrogen and oxygen atoms in total. The van der Waals surface area contributed by atoms with Crippen molar-refractivity contribution in [3.8, 4) is 0 Å². The predicted octanol–water partition coefficient (Wildman–Crippen LogP) is 2.89. The number of halogens is 1. The fourth-order valence-electron chi connectivity index (χ4n) is 2.86. The highest BCUT2D eigenvalue weighted by Gasteiger charge is 2.18. The minimum Gasteiger partial charge on any atom is -0.382 e. The predicted molar refractivity (Wildman–Crippen MR) is 80.8 cm³/mol. The molecular weight excluding hydrogens is 267 g/mol. The number of carbonyl (C=O) groups excluding carboxylic acids is 1. The largest absolute Gasteiger partial charge is 0.382 e. The molecule has 1 unspecified atom stereocenters. The summed E-state index contributed by atoms with van der Waals surface area (Å²) in [5.74, 6) is -1.33. The summed E-state index contributed by atoms with van der Waals surface area (Å²) >= 11 is 0. The van der Waals surface area contributed by atoms with Gasteiger partial charge in [-0.25, -0.2) is 4.39 Å². The topological polar surface area (TPSA) is 55.1 Å². The third-order valence-electron chi connectivity index (χ3n) is 3.95. The van der Waals surface area contributed by atoms with Crippen molar-refractivity contribution in [2.75, 3.05) is 5.32 Å². The number of hydrogen-bond acceptors (Lipinski definition) is 2. The molecule has 0 heterocycles. The van der Waals surface area contributed by atoms with Crippen molar-refractivity contribution in [1.82, 2.24) is 0 Å². The van der Waals surface area contributed by atoms with E-state index < -0.39 is 11.7 Å². The highest BCUT2D eigenvalue weighted by atomic mass is 19.1. The van der Waals surface area contributed by atoms with Crippen LogP contribution in [0.25, 0.3) is 0 Å². The average molecular weight is 284 g/mol. The number of carbonyl (C=O) groups is 1. The van der Waals surface area contributed by atoms with E-state index in [1.54, 1.807) is 6.07 Å². The standard InChI is InChI=1S/C17H17FN2O/c18-16-8-7-14(10-15(16)17(19)21)20-13-6-5-11-3-1-2-4-12(11)9-13/h1-4,7-8,10,13,20H,5-6,9H2,(H2,19,21). The van der Waals surface area contributed by atoms with E-state index in [0.717, 1.165) is 24.9 Å². The first kappa shape index (κ1) is 13.6. The lowest BCUT2D eigenvalue weighted by Crippen LogP contribution is -2.27. The van der Waals surface area contributed by atoms with Gasteiger partial charge in [-0.15, -0.1) is 0 Å². The van der Waals surface area contributed by atoms with E-state index >= 15 is 0 Å². The molecule has 3 N–H and O–H groups in total. The summed E-state index contributed by atoms with van der Waals surface area (Å²) in [4.78, 5) is 11.2. The molecule has 0 aliphatic heterocycles. The van der Waals surface area contributed by atoms with Crippen LogP contribution in [-0.4, -0.2) is 11.9 Å². The molecule has 3 rings (SSSR count). The Morgan fingerprint density at radius 2 is 1.95 bits per heavy atom. The summed E-state index contributed by atoms with van der Waals surface area (Å²) in [5.41, 5.74) is 8.57. The minimum absolute atomic E-state index is 0.0730. The first-order valence-corrected chi connectivity index (χ1v) is 7.06. The molecule has 0 radical (unpaired) electrons. The number of hydrogen-bond donors (Lipinski definition) is 2. The number of aryl methyl sites for hydroxylation is 1. The summed E-state index contributed by atoms with van der Waals surface area (Å²) in [7, 11) is 0. The summed E-state index contributed by atoms with van der Waals surface area (Å²) < 4.78 is 13.5. The Labute approximate surface area is 123 Å². The van der Waals surface area contributed by atoms with Crippen LogP contribution < -0.4 is 11.1 Å². The van der Waals surface area contributed by atoms with E-state index in [0.29, 0.717) is 0 Å². The highest BCUT2D eigenvalue weighted by Crippen LogP contribution is 2.24. The molecule has 0 saturated heterocycles. The van der Waals surface area contributed by atoms with Gasteiger partial charge in [0.2, 0.25) is 0 Å². The lowest BCUT2D eigenvalue weighted by molar-refractivity contribution is 0.0996. The van der Waals surface area contributed by atoms with Crippen LogP contribution in [0, 0.1) is 5.82 Å². The van der Waals surface area contributed by atoms with Crippen LogP contribution in [0.4, 0.5) is 10.1 Å². The summed E-state index contributed by atoms with van der Waals surface area (Å²) in [6, 6.07) is 13.1. The van der Waals surface area contributed by atoms with Crippen molar-refractivity contribution in [2.45, 2.75) is 25.3 Å². The third kappa shape index (κ3) is 2.89. The van der Waals surface area contributed by atoms with E-state index in [1.165, 1.54) is 23.3 Å². The second kappa shape index (κ2) is 5.56. The van der Waals surface area contributed by atoms with Gasteiger partial charge < -0.3 is 11.1 Å². The molecule has 0 spiro atoms. The fraction of sp³-hybridized carbons (Fsp3) is 0.235. The number of primary amides is 1. The Kier molecular flexibility index (Phi) is 3.60. The molecule has 108 valence electrons. The first-order chi connectivity index (χ1) is 10.1. The molecule has 0 fully saturated rings. The first-order valence-electron chi connectivity index (χ1n) is 7.06. The maximum atomic E-state index is 13.5. The molecule has 0 saturated carbocycles. The van der Waals surface area contributed by atoms with Crippen molar-refractivity contribution < 1.29 is 9.18 Å². The van der Waals surface area contributed by atoms with Gasteiger partial charge in [-0.1, -0.05) is 24.3 Å². The molecule has 2 aromatic rings. The Morgan fingerprint density at radius 1 is 1.19 bits per heavy atom. The van der Waals surface area contributed by atoms with Crippen LogP contribution >= 0.6 is 0 Å². The van der Waals surface area contributed by atoms with E-state index in [1.807, 2.05) is 6.07 Å². The van der Waals surface area contributed by atoms with Crippen LogP contribution in [0.1, 0.15) is 27.9 Å². The molecule has 2 aromatic carbocycles. The molecule has 1 aliphatic carbocycles. The lowest BCUT2D eigenvalue weighted by atomic mass is 9.88. The van der Waals surface area contributed by atoms with Gasteiger partial charge in [-0.2, -0.15) is 0 Å². The molecule has 1 aliphatic rings. The van der Waals surface area contributed by atoms with Crippen molar-refractivity contribution in [3.63, 3.8) is 0 Å². The number of amides is 1. The molecule has 4 heteroatoms. The molecule has 21 heavy (non-hydrogen) atoms. The van der Waals surface area contributed by atoms with Crippen molar-refractivity contribution in [2.24, 2.45) is 5.73 Å². The van der Waals surface area contributed by atoms with E-state index in [-0.39, 0.29) is 11.6 Å². The number of rotatable bonds is 3. The van der Waals surface area contributed by atoms with Gasteiger partial charge >= 0.3 is 0 Å². The number of fused-ring (bicyclic) bond motifs is 1. The molecule has 1 atom stereocenters. The Morgan fingerprint density at radius 3 is 2.71 bits per heavy atom. The number of anilines is 1. The van der Waals surface area contributed by atoms with E-state index in [4.69, 9.17) is 5.73 Å². The maximum Gasteiger partial charge on any atom is 0.251 e. The van der Waals surface area contributed by atoms with Crippen LogP contribution in [0.5, 0.6) is 0 Å². The maximum absolute atomic E-state index is 13.5. The van der Waals surface area contributed by atoms with E-state index in [2.05, 4.69) is 23.5 Å². The fourth-order valence-corrected chi connectivity index (χ4v) is 2.86. The molecule has 1 amide bonds. The van der Waals surface area contributed by atoms with E-state index in [9.17, 15) is 9.18 Å². The quantitative estimate of drug-likeness (QED) is 0.910. The second-order valence-corrected chi connectivity index (χ2v) is 5.41. The summed E-state index contributed by atoms with van der Waals surface area (Å²) in [6.07, 6.45) is 2.97. The van der Waals surface area contributed by atoms with Gasteiger partial charge in [0.15, 0.2) is 0 Å². The van der Waals surface area contributed by atoms with Gasteiger partial charge in [0, 0.05) is 11.7 Å². The van der Waals surface area contributed by atoms with Crippen LogP contribution in [0.2, 0.25) is 0 Å². The summed E-state index contributed by atoms with van der Waals surface area (Å²) in [6.45, 7) is 0. The zero-order chi connectivity index (χ0) is 14.8. The monoisotopic (exact) mass is 284 g/mol. The normalized spacial score (nSPS) is 17.1. The average Bonchev–Trinajstić information content (AvgIpc) is 2.49. The second-order valence-electron chi connectivity index (χ2n) is 5.41. The van der Waals surface area contributed by atoms with Crippen LogP contribution in [0.3, 0.4) is 0 Å². The van der Waals surface area contributed by atoms with Crippen molar-refractivity contribution in [3.05, 3.63) is 65.0 Å². The zero-order valence-electron chi connectivity index (χ0n) is 11.6. The highest BCUT2D eigenvalue weighted by molar-refractivity contribution is 5.94. The summed E-state index contributed by atoms with van der Waals surface area (Å²) in [5, 5.41) is 3.37. The molecule has 0 bridgehead atoms. The zero-order valence-corrected chi connectivity index (χ0v) is 11.6. The Hall–Kier alpha value is -2.36. The lowest BCUT2D eigenvalue weighted by Gasteiger charge is -2.26. The van der Waals surface area contributed by atoms with Gasteiger partial charge in [0.25, 0.3) is 5.91 Å². The van der Waals surface area contributed by atoms with Gasteiger partial charge in [-0.05, 0) is 48.6 Å². The Bertz CT molecular complexity index is 684. The Balaban J connectivity index is 1.76. The SMILES string of the molecule is NC(=O)c1cc(NC2CCc3ccccc3C2)ccc1F. The molecule has 0 aromatic heterocycles.